The topological polar surface area (TPSA) is 109 Å². The van der Waals surface area contributed by atoms with Crippen LogP contribution >= 0.6 is 23.1 Å². The molecule has 2 amide bonds. The zero-order chi connectivity index (χ0) is 23.4. The summed E-state index contributed by atoms with van der Waals surface area (Å²) in [5, 5.41) is 6.39. The van der Waals surface area contributed by atoms with Crippen LogP contribution < -0.4 is 21.1 Å². The molecule has 1 saturated heterocycles. The monoisotopic (exact) mass is 486 g/mol. The number of nitrogens with zero attached hydrogens (tertiary/aromatic N) is 4. The summed E-state index contributed by atoms with van der Waals surface area (Å²) in [6, 6.07) is 7.53. The van der Waals surface area contributed by atoms with Crippen LogP contribution in [0, 0.1) is 5.92 Å². The van der Waals surface area contributed by atoms with Crippen LogP contribution in [0.25, 0.3) is 10.3 Å². The summed E-state index contributed by atoms with van der Waals surface area (Å²) < 4.78 is 1.70. The molecule has 2 aromatic heterocycles. The number of thiazole rings is 1. The maximum absolute atomic E-state index is 13.0. The zero-order valence-electron chi connectivity index (χ0n) is 18.5. The Labute approximate surface area is 199 Å². The van der Waals surface area contributed by atoms with E-state index >= 15 is 0 Å². The highest BCUT2D eigenvalue weighted by atomic mass is 32.2. The summed E-state index contributed by atoms with van der Waals surface area (Å²) in [7, 11) is 0. The first-order chi connectivity index (χ1) is 16.0. The van der Waals surface area contributed by atoms with Crippen LogP contribution in [0.15, 0.2) is 40.3 Å². The number of piperidine rings is 1. The Balaban J connectivity index is 1.49. The Morgan fingerprint density at radius 2 is 2.18 bits per heavy atom. The van der Waals surface area contributed by atoms with Crippen molar-refractivity contribution in [3.63, 3.8) is 0 Å². The highest BCUT2D eigenvalue weighted by molar-refractivity contribution is 7.98. The number of benzene rings is 1. The number of aromatic nitrogens is 3. The number of rotatable bonds is 7. The van der Waals surface area contributed by atoms with Crippen molar-refractivity contribution < 1.29 is 9.59 Å². The molecule has 174 valence electrons. The van der Waals surface area contributed by atoms with Gasteiger partial charge < -0.3 is 15.5 Å². The Hall–Kier alpha value is -2.92. The molecule has 0 bridgehead atoms. The molecule has 1 atom stereocenters. The smallest absolute Gasteiger partial charge is 0.273 e. The first-order valence-electron chi connectivity index (χ1n) is 10.8. The minimum Gasteiger partial charge on any atom is -0.356 e. The lowest BCUT2D eigenvalue weighted by Gasteiger charge is -2.31. The summed E-state index contributed by atoms with van der Waals surface area (Å²) in [6.07, 6.45) is 5.05. The Kier molecular flexibility index (Phi) is 7.29. The molecule has 3 aromatic rings. The molecule has 0 spiro atoms. The van der Waals surface area contributed by atoms with Crippen molar-refractivity contribution >= 4 is 56.1 Å². The third-order valence-corrected chi connectivity index (χ3v) is 7.27. The summed E-state index contributed by atoms with van der Waals surface area (Å²) in [6.45, 7) is 3.72. The van der Waals surface area contributed by atoms with E-state index in [2.05, 4.69) is 20.6 Å². The predicted molar refractivity (Wildman–Crippen MR) is 132 cm³/mol. The molecule has 0 unspecified atom stereocenters. The van der Waals surface area contributed by atoms with Crippen LogP contribution in [0.3, 0.4) is 0 Å². The summed E-state index contributed by atoms with van der Waals surface area (Å²) >= 11 is 2.85. The number of nitrogens with one attached hydrogen (secondary N) is 2. The fourth-order valence-corrected chi connectivity index (χ4v) is 5.29. The van der Waals surface area contributed by atoms with E-state index in [1.807, 2.05) is 42.3 Å². The Morgan fingerprint density at radius 1 is 1.33 bits per heavy atom. The largest absolute Gasteiger partial charge is 0.356 e. The summed E-state index contributed by atoms with van der Waals surface area (Å²) in [5.41, 5.74) is 0.749. The average Bonchev–Trinajstić information content (AvgIpc) is 3.26. The van der Waals surface area contributed by atoms with Crippen molar-refractivity contribution in [3.05, 3.63) is 40.9 Å². The van der Waals surface area contributed by atoms with Gasteiger partial charge in [-0.1, -0.05) is 17.4 Å². The van der Waals surface area contributed by atoms with Gasteiger partial charge in [-0.3, -0.25) is 19.0 Å². The second kappa shape index (κ2) is 10.3. The van der Waals surface area contributed by atoms with E-state index in [-0.39, 0.29) is 29.8 Å². The van der Waals surface area contributed by atoms with E-state index in [1.54, 1.807) is 11.8 Å². The molecule has 2 N–H and O–H groups in total. The van der Waals surface area contributed by atoms with Crippen molar-refractivity contribution in [2.24, 2.45) is 5.92 Å². The van der Waals surface area contributed by atoms with Gasteiger partial charge in [-0.25, -0.2) is 4.98 Å². The van der Waals surface area contributed by atoms with Gasteiger partial charge in [-0.05, 0) is 44.2 Å². The molecule has 1 fully saturated rings. The summed E-state index contributed by atoms with van der Waals surface area (Å²) in [5.74, 6) is -0.344. The van der Waals surface area contributed by atoms with Gasteiger partial charge >= 0.3 is 0 Å². The molecule has 1 aromatic carbocycles. The van der Waals surface area contributed by atoms with Crippen LogP contribution in [0.2, 0.25) is 0 Å². The minimum atomic E-state index is -0.304. The number of thioether (sulfide) groups is 1. The average molecular weight is 487 g/mol. The van der Waals surface area contributed by atoms with Crippen molar-refractivity contribution in [1.29, 1.82) is 0 Å². The molecule has 1 aliphatic heterocycles. The number of fused-ring (bicyclic) bond motifs is 1. The van der Waals surface area contributed by atoms with Gasteiger partial charge in [0.2, 0.25) is 11.8 Å². The van der Waals surface area contributed by atoms with Crippen LogP contribution in [0.1, 0.15) is 19.8 Å². The highest BCUT2D eigenvalue weighted by Gasteiger charge is 2.27. The molecule has 11 heteroatoms. The molecule has 0 aliphatic carbocycles. The molecule has 1 aliphatic rings. The second-order valence-electron chi connectivity index (χ2n) is 7.79. The number of hydrogen-bond acceptors (Lipinski definition) is 8. The van der Waals surface area contributed by atoms with Gasteiger partial charge in [0.15, 0.2) is 10.8 Å². The molecule has 3 heterocycles. The number of anilines is 2. The normalized spacial score (nSPS) is 16.1. The van der Waals surface area contributed by atoms with E-state index in [4.69, 9.17) is 0 Å². The van der Waals surface area contributed by atoms with Gasteiger partial charge in [0.25, 0.3) is 5.56 Å². The lowest BCUT2D eigenvalue weighted by Crippen LogP contribution is -2.43. The standard InChI is InChI=1S/C22H26N6O3S2/c1-3-23-20(30)14-6-5-9-27(11-14)22-26-19-18(33-22)21(31)28(13-24-19)12-17(29)25-15-7-4-8-16(10-15)32-2/h4,7-8,10,13-14H,3,5-6,9,11-12H2,1-2H3,(H,23,30)(H,25,29)/t14-/m1/s1. The van der Waals surface area contributed by atoms with Gasteiger partial charge in [-0.2, -0.15) is 4.98 Å². The zero-order valence-corrected chi connectivity index (χ0v) is 20.2. The SMILES string of the molecule is CCNC(=O)[C@@H]1CCCN(c2nc3ncn(CC(=O)Nc4cccc(SC)c4)c(=O)c3s2)C1. The van der Waals surface area contributed by atoms with Crippen LogP contribution in [0.5, 0.6) is 0 Å². The Morgan fingerprint density at radius 3 is 2.97 bits per heavy atom. The van der Waals surface area contributed by atoms with Crippen molar-refractivity contribution in [2.45, 2.75) is 31.2 Å². The molecule has 4 rings (SSSR count). The van der Waals surface area contributed by atoms with Crippen molar-refractivity contribution in [1.82, 2.24) is 19.9 Å². The third kappa shape index (κ3) is 5.36. The molecule has 0 saturated carbocycles. The molecule has 9 nitrogen and oxygen atoms in total. The molecule has 33 heavy (non-hydrogen) atoms. The van der Waals surface area contributed by atoms with E-state index < -0.39 is 0 Å². The van der Waals surface area contributed by atoms with E-state index in [0.717, 1.165) is 24.3 Å². The maximum Gasteiger partial charge on any atom is 0.273 e. The fraction of sp³-hybridized carbons (Fsp3) is 0.409. The van der Waals surface area contributed by atoms with Crippen LogP contribution in [-0.4, -0.2) is 52.2 Å². The first-order valence-corrected chi connectivity index (χ1v) is 12.8. The van der Waals surface area contributed by atoms with Crippen LogP contribution in [-0.2, 0) is 16.1 Å². The predicted octanol–water partition coefficient (Wildman–Crippen LogP) is 2.57. The Bertz CT molecular complexity index is 1220. The number of hydrogen-bond donors (Lipinski definition) is 2. The maximum atomic E-state index is 13.0. The van der Waals surface area contributed by atoms with Gasteiger partial charge in [0, 0.05) is 30.2 Å². The van der Waals surface area contributed by atoms with Gasteiger partial charge in [-0.15, -0.1) is 11.8 Å². The molecule has 0 radical (unpaired) electrons. The lowest BCUT2D eigenvalue weighted by molar-refractivity contribution is -0.125. The lowest BCUT2D eigenvalue weighted by atomic mass is 9.97. The van der Waals surface area contributed by atoms with Crippen molar-refractivity contribution in [3.8, 4) is 0 Å². The number of carbonyl (C=O) groups is 2. The second-order valence-corrected chi connectivity index (χ2v) is 9.64. The van der Waals surface area contributed by atoms with Crippen LogP contribution in [0.4, 0.5) is 10.8 Å². The van der Waals surface area contributed by atoms with Gasteiger partial charge in [0.1, 0.15) is 17.6 Å². The number of amides is 2. The first kappa shape index (κ1) is 23.2. The van der Waals surface area contributed by atoms with E-state index in [0.29, 0.717) is 34.3 Å². The fourth-order valence-electron chi connectivity index (χ4n) is 3.82. The summed E-state index contributed by atoms with van der Waals surface area (Å²) in [4.78, 5) is 49.7. The molecular formula is C22H26N6O3S2. The van der Waals surface area contributed by atoms with Crippen molar-refractivity contribution in [2.75, 3.05) is 36.1 Å². The van der Waals surface area contributed by atoms with Gasteiger partial charge in [0.05, 0.1) is 5.92 Å². The molecular weight excluding hydrogens is 460 g/mol. The van der Waals surface area contributed by atoms with E-state index in [1.165, 1.54) is 22.2 Å². The van der Waals surface area contributed by atoms with E-state index in [9.17, 15) is 14.4 Å². The quantitative estimate of drug-likeness (QED) is 0.494. The number of carbonyl (C=O) groups excluding carboxylic acids is 2. The highest BCUT2D eigenvalue weighted by Crippen LogP contribution is 2.29. The minimum absolute atomic E-state index is 0.0536. The third-order valence-electron chi connectivity index (χ3n) is 5.45.